The van der Waals surface area contributed by atoms with Crippen LogP contribution in [-0.2, 0) is 0 Å². The zero-order valence-corrected chi connectivity index (χ0v) is 14.2. The summed E-state index contributed by atoms with van der Waals surface area (Å²) < 4.78 is 6.41. The highest BCUT2D eigenvalue weighted by Gasteiger charge is 2.18. The van der Waals surface area contributed by atoms with Crippen molar-refractivity contribution in [1.29, 1.82) is 0 Å². The third-order valence-corrected chi connectivity index (χ3v) is 4.49. The minimum absolute atomic E-state index is 0.103. The summed E-state index contributed by atoms with van der Waals surface area (Å²) in [5.41, 5.74) is 2.38. The number of hydrogen-bond donors (Lipinski definition) is 1. The molecule has 3 aromatic rings. The molecule has 0 aliphatic carbocycles. The lowest BCUT2D eigenvalue weighted by molar-refractivity contribution is 0.579. The number of aryl methyl sites for hydroxylation is 1. The lowest BCUT2D eigenvalue weighted by Gasteiger charge is -2.09. The van der Waals surface area contributed by atoms with Crippen molar-refractivity contribution in [3.8, 4) is 11.4 Å². The Morgan fingerprint density at radius 3 is 2.71 bits per heavy atom. The highest BCUT2D eigenvalue weighted by molar-refractivity contribution is 14.1. The van der Waals surface area contributed by atoms with Gasteiger partial charge in [0, 0.05) is 5.39 Å². The van der Waals surface area contributed by atoms with E-state index in [0.29, 0.717) is 9.39 Å². The molecule has 0 aliphatic rings. The summed E-state index contributed by atoms with van der Waals surface area (Å²) in [7, 11) is 0. The zero-order chi connectivity index (χ0) is 15.1. The molecule has 0 saturated carbocycles. The maximum absolute atomic E-state index is 12.2. The minimum atomic E-state index is -0.103. The summed E-state index contributed by atoms with van der Waals surface area (Å²) in [5, 5.41) is 0.967. The van der Waals surface area contributed by atoms with E-state index in [9.17, 15) is 4.79 Å². The standard InChI is InChI=1S/C16H15IN2O2/c1-8(2)14-13(17)16(20)19-15(18-14)12-9(3)21-11-7-5-4-6-10(11)12/h4-8H,1-3H3,(H,18,19,20). The van der Waals surface area contributed by atoms with Crippen molar-refractivity contribution in [2.45, 2.75) is 26.7 Å². The van der Waals surface area contributed by atoms with Gasteiger partial charge in [-0.2, -0.15) is 0 Å². The molecule has 0 radical (unpaired) electrons. The Morgan fingerprint density at radius 2 is 2.00 bits per heavy atom. The van der Waals surface area contributed by atoms with Crippen LogP contribution in [0.1, 0.15) is 31.2 Å². The summed E-state index contributed by atoms with van der Waals surface area (Å²) >= 11 is 2.05. The fourth-order valence-electron chi connectivity index (χ4n) is 2.44. The van der Waals surface area contributed by atoms with Crippen LogP contribution in [0.3, 0.4) is 0 Å². The number of para-hydroxylation sites is 1. The lowest BCUT2D eigenvalue weighted by Crippen LogP contribution is -2.17. The average molecular weight is 394 g/mol. The van der Waals surface area contributed by atoms with E-state index in [4.69, 9.17) is 4.42 Å². The van der Waals surface area contributed by atoms with Gasteiger partial charge in [0.25, 0.3) is 5.56 Å². The maximum atomic E-state index is 12.2. The van der Waals surface area contributed by atoms with Crippen LogP contribution in [0.4, 0.5) is 0 Å². The molecule has 0 unspecified atom stereocenters. The number of aromatic nitrogens is 2. The summed E-state index contributed by atoms with van der Waals surface area (Å²) in [6.07, 6.45) is 0. The van der Waals surface area contributed by atoms with Crippen LogP contribution >= 0.6 is 22.6 Å². The van der Waals surface area contributed by atoms with Gasteiger partial charge in [-0.25, -0.2) is 4.98 Å². The van der Waals surface area contributed by atoms with Crippen molar-refractivity contribution in [2.24, 2.45) is 0 Å². The summed E-state index contributed by atoms with van der Waals surface area (Å²) in [6.45, 7) is 5.96. The number of fused-ring (bicyclic) bond motifs is 1. The van der Waals surface area contributed by atoms with Gasteiger partial charge in [-0.1, -0.05) is 32.0 Å². The number of nitrogens with zero attached hydrogens (tertiary/aromatic N) is 1. The number of hydrogen-bond acceptors (Lipinski definition) is 3. The fourth-order valence-corrected chi connectivity index (χ4v) is 3.32. The van der Waals surface area contributed by atoms with Crippen molar-refractivity contribution >= 4 is 33.6 Å². The van der Waals surface area contributed by atoms with Crippen LogP contribution in [0.15, 0.2) is 33.5 Å². The highest BCUT2D eigenvalue weighted by atomic mass is 127. The number of nitrogens with one attached hydrogen (secondary N) is 1. The normalized spacial score (nSPS) is 11.5. The average Bonchev–Trinajstić information content (AvgIpc) is 2.77. The number of aromatic amines is 1. The van der Waals surface area contributed by atoms with Gasteiger partial charge in [0.2, 0.25) is 0 Å². The van der Waals surface area contributed by atoms with Gasteiger partial charge in [-0.05, 0) is 41.5 Å². The molecule has 5 heteroatoms. The predicted molar refractivity (Wildman–Crippen MR) is 91.6 cm³/mol. The van der Waals surface area contributed by atoms with Gasteiger partial charge in [0.05, 0.1) is 14.8 Å². The second-order valence-electron chi connectivity index (χ2n) is 5.30. The van der Waals surface area contributed by atoms with E-state index in [0.717, 1.165) is 28.0 Å². The molecule has 0 fully saturated rings. The Balaban J connectivity index is 2.33. The second-order valence-corrected chi connectivity index (χ2v) is 6.38. The largest absolute Gasteiger partial charge is 0.461 e. The molecule has 0 bridgehead atoms. The highest BCUT2D eigenvalue weighted by Crippen LogP contribution is 2.32. The third-order valence-electron chi connectivity index (χ3n) is 3.44. The molecule has 0 spiro atoms. The van der Waals surface area contributed by atoms with E-state index in [2.05, 4.69) is 32.6 Å². The molecule has 2 heterocycles. The van der Waals surface area contributed by atoms with Gasteiger partial charge in [0.15, 0.2) is 0 Å². The quantitative estimate of drug-likeness (QED) is 0.663. The van der Waals surface area contributed by atoms with Gasteiger partial charge in [-0.3, -0.25) is 4.79 Å². The van der Waals surface area contributed by atoms with E-state index in [-0.39, 0.29) is 11.5 Å². The van der Waals surface area contributed by atoms with Crippen LogP contribution in [0.25, 0.3) is 22.4 Å². The molecule has 108 valence electrons. The number of furan rings is 1. The minimum Gasteiger partial charge on any atom is -0.461 e. The summed E-state index contributed by atoms with van der Waals surface area (Å²) in [4.78, 5) is 19.7. The van der Waals surface area contributed by atoms with Crippen LogP contribution < -0.4 is 5.56 Å². The van der Waals surface area contributed by atoms with Gasteiger partial charge in [-0.15, -0.1) is 0 Å². The second kappa shape index (κ2) is 5.29. The van der Waals surface area contributed by atoms with Gasteiger partial charge < -0.3 is 9.40 Å². The first-order valence-corrected chi connectivity index (χ1v) is 7.85. The van der Waals surface area contributed by atoms with Crippen LogP contribution in [0.2, 0.25) is 0 Å². The Hall–Kier alpha value is -1.63. The van der Waals surface area contributed by atoms with Crippen molar-refractivity contribution in [1.82, 2.24) is 9.97 Å². The van der Waals surface area contributed by atoms with Crippen LogP contribution in [0, 0.1) is 10.5 Å². The maximum Gasteiger partial charge on any atom is 0.264 e. The van der Waals surface area contributed by atoms with Gasteiger partial charge >= 0.3 is 0 Å². The van der Waals surface area contributed by atoms with Crippen molar-refractivity contribution in [3.63, 3.8) is 0 Å². The monoisotopic (exact) mass is 394 g/mol. The molecule has 1 aromatic carbocycles. The van der Waals surface area contributed by atoms with Crippen molar-refractivity contribution in [2.75, 3.05) is 0 Å². The molecule has 3 rings (SSSR count). The number of rotatable bonds is 2. The lowest BCUT2D eigenvalue weighted by atomic mass is 10.1. The molecular formula is C16H15IN2O2. The predicted octanol–water partition coefficient (Wildman–Crippen LogP) is 4.22. The molecule has 21 heavy (non-hydrogen) atoms. The van der Waals surface area contributed by atoms with Crippen molar-refractivity contribution in [3.05, 3.63) is 49.6 Å². The smallest absolute Gasteiger partial charge is 0.264 e. The Labute approximate surface area is 135 Å². The summed E-state index contributed by atoms with van der Waals surface area (Å²) in [6, 6.07) is 7.78. The Morgan fingerprint density at radius 1 is 1.29 bits per heavy atom. The molecule has 0 saturated heterocycles. The van der Waals surface area contributed by atoms with Crippen LogP contribution in [-0.4, -0.2) is 9.97 Å². The van der Waals surface area contributed by atoms with Crippen LogP contribution in [0.5, 0.6) is 0 Å². The molecule has 0 amide bonds. The molecule has 0 atom stereocenters. The third kappa shape index (κ3) is 2.39. The first-order chi connectivity index (χ1) is 9.99. The molecular weight excluding hydrogens is 379 g/mol. The first kappa shape index (κ1) is 14.3. The van der Waals surface area contributed by atoms with E-state index < -0.39 is 0 Å². The van der Waals surface area contributed by atoms with E-state index >= 15 is 0 Å². The first-order valence-electron chi connectivity index (χ1n) is 6.77. The number of benzene rings is 1. The Bertz CT molecular complexity index is 878. The summed E-state index contributed by atoms with van der Waals surface area (Å²) in [5.74, 6) is 1.53. The number of H-pyrrole nitrogens is 1. The zero-order valence-electron chi connectivity index (χ0n) is 12.0. The van der Waals surface area contributed by atoms with E-state index in [1.54, 1.807) is 0 Å². The topological polar surface area (TPSA) is 58.9 Å². The molecule has 0 aliphatic heterocycles. The SMILES string of the molecule is Cc1oc2ccccc2c1-c1nc(C(C)C)c(I)c(=O)[nH]1. The Kier molecular flexibility index (Phi) is 3.61. The number of halogens is 1. The molecule has 4 nitrogen and oxygen atoms in total. The van der Waals surface area contributed by atoms with Crippen molar-refractivity contribution < 1.29 is 4.42 Å². The molecule has 1 N–H and O–H groups in total. The fraction of sp³-hybridized carbons (Fsp3) is 0.250. The van der Waals surface area contributed by atoms with Gasteiger partial charge in [0.1, 0.15) is 17.2 Å². The van der Waals surface area contributed by atoms with E-state index in [1.807, 2.05) is 45.0 Å². The van der Waals surface area contributed by atoms with E-state index in [1.165, 1.54) is 0 Å². The molecule has 2 aromatic heterocycles.